The summed E-state index contributed by atoms with van der Waals surface area (Å²) in [6, 6.07) is 5.53. The SMILES string of the molecule is Cc1c(C(C)NC(=O)N2CCN(c3ccc(C#N)cn3)CC2)cnn1C. The summed E-state index contributed by atoms with van der Waals surface area (Å²) < 4.78 is 1.81. The summed E-state index contributed by atoms with van der Waals surface area (Å²) in [6.07, 6.45) is 3.38. The zero-order valence-corrected chi connectivity index (χ0v) is 15.3. The molecule has 1 N–H and O–H groups in total. The number of urea groups is 1. The van der Waals surface area contributed by atoms with E-state index >= 15 is 0 Å². The molecule has 3 heterocycles. The highest BCUT2D eigenvalue weighted by Crippen LogP contribution is 2.17. The summed E-state index contributed by atoms with van der Waals surface area (Å²) in [5.41, 5.74) is 2.63. The highest BCUT2D eigenvalue weighted by molar-refractivity contribution is 5.75. The Kier molecular flexibility index (Phi) is 5.07. The van der Waals surface area contributed by atoms with Gasteiger partial charge in [-0.3, -0.25) is 4.68 Å². The van der Waals surface area contributed by atoms with Gasteiger partial charge in [0.05, 0.1) is 17.8 Å². The monoisotopic (exact) mass is 353 g/mol. The van der Waals surface area contributed by atoms with E-state index in [0.29, 0.717) is 31.7 Å². The molecule has 8 heteroatoms. The smallest absolute Gasteiger partial charge is 0.317 e. The zero-order chi connectivity index (χ0) is 18.7. The maximum atomic E-state index is 12.5. The van der Waals surface area contributed by atoms with Crippen molar-refractivity contribution in [1.29, 1.82) is 5.26 Å². The molecule has 0 radical (unpaired) electrons. The van der Waals surface area contributed by atoms with E-state index in [9.17, 15) is 4.79 Å². The number of hydrogen-bond donors (Lipinski definition) is 1. The fourth-order valence-corrected chi connectivity index (χ4v) is 3.07. The van der Waals surface area contributed by atoms with Crippen LogP contribution >= 0.6 is 0 Å². The van der Waals surface area contributed by atoms with Gasteiger partial charge in [0.15, 0.2) is 0 Å². The van der Waals surface area contributed by atoms with E-state index in [2.05, 4.69) is 26.4 Å². The van der Waals surface area contributed by atoms with Crippen molar-refractivity contribution >= 4 is 11.8 Å². The van der Waals surface area contributed by atoms with Crippen molar-refractivity contribution < 1.29 is 4.79 Å². The van der Waals surface area contributed by atoms with E-state index in [0.717, 1.165) is 17.1 Å². The maximum Gasteiger partial charge on any atom is 0.317 e. The summed E-state index contributed by atoms with van der Waals surface area (Å²) in [5.74, 6) is 0.836. The van der Waals surface area contributed by atoms with E-state index in [1.165, 1.54) is 0 Å². The molecule has 1 unspecified atom stereocenters. The first-order chi connectivity index (χ1) is 12.5. The predicted molar refractivity (Wildman–Crippen MR) is 97.6 cm³/mol. The highest BCUT2D eigenvalue weighted by Gasteiger charge is 2.24. The number of carbonyl (C=O) groups is 1. The van der Waals surface area contributed by atoms with Gasteiger partial charge in [-0.2, -0.15) is 10.4 Å². The van der Waals surface area contributed by atoms with E-state index in [1.54, 1.807) is 23.1 Å². The molecule has 0 spiro atoms. The quantitative estimate of drug-likeness (QED) is 0.905. The molecule has 0 aliphatic carbocycles. The molecule has 1 fully saturated rings. The molecular weight excluding hydrogens is 330 g/mol. The first-order valence-corrected chi connectivity index (χ1v) is 8.64. The number of carbonyl (C=O) groups excluding carboxylic acids is 1. The molecule has 2 amide bonds. The first-order valence-electron chi connectivity index (χ1n) is 8.64. The molecule has 8 nitrogen and oxygen atoms in total. The minimum Gasteiger partial charge on any atom is -0.353 e. The van der Waals surface area contributed by atoms with Gasteiger partial charge in [-0.05, 0) is 26.0 Å². The Morgan fingerprint density at radius 3 is 2.54 bits per heavy atom. The minimum absolute atomic E-state index is 0.0619. The number of pyridine rings is 1. The van der Waals surface area contributed by atoms with Crippen LogP contribution in [0.25, 0.3) is 0 Å². The third-order valence-electron chi connectivity index (χ3n) is 4.85. The topological polar surface area (TPSA) is 90.1 Å². The van der Waals surface area contributed by atoms with Gasteiger partial charge in [-0.25, -0.2) is 9.78 Å². The lowest BCUT2D eigenvalue weighted by Crippen LogP contribution is -2.52. The molecule has 0 saturated carbocycles. The lowest BCUT2D eigenvalue weighted by Gasteiger charge is -2.35. The molecule has 2 aromatic heterocycles. The molecule has 2 aromatic rings. The molecule has 0 aromatic carbocycles. The maximum absolute atomic E-state index is 12.5. The predicted octanol–water partition coefficient (Wildman–Crippen LogP) is 1.59. The average molecular weight is 353 g/mol. The van der Waals surface area contributed by atoms with Crippen LogP contribution in [0.15, 0.2) is 24.5 Å². The molecule has 0 bridgehead atoms. The van der Waals surface area contributed by atoms with Crippen molar-refractivity contribution in [3.05, 3.63) is 41.3 Å². The minimum atomic E-state index is -0.0885. The third-order valence-corrected chi connectivity index (χ3v) is 4.85. The van der Waals surface area contributed by atoms with Gasteiger partial charge >= 0.3 is 6.03 Å². The Morgan fingerprint density at radius 2 is 2.00 bits per heavy atom. The molecule has 26 heavy (non-hydrogen) atoms. The van der Waals surface area contributed by atoms with Crippen LogP contribution in [0.2, 0.25) is 0 Å². The number of anilines is 1. The lowest BCUT2D eigenvalue weighted by molar-refractivity contribution is 0.191. The summed E-state index contributed by atoms with van der Waals surface area (Å²) >= 11 is 0. The Balaban J connectivity index is 1.54. The largest absolute Gasteiger partial charge is 0.353 e. The van der Waals surface area contributed by atoms with Gasteiger partial charge in [-0.15, -0.1) is 0 Å². The van der Waals surface area contributed by atoms with E-state index in [4.69, 9.17) is 5.26 Å². The standard InChI is InChI=1S/C18H23N7O/c1-13(16-12-21-23(3)14(16)2)22-18(26)25-8-6-24(7-9-25)17-5-4-15(10-19)11-20-17/h4-5,11-13H,6-9H2,1-3H3,(H,22,26). The lowest BCUT2D eigenvalue weighted by atomic mass is 10.1. The average Bonchev–Trinajstić information content (AvgIpc) is 3.01. The number of rotatable bonds is 3. The van der Waals surface area contributed by atoms with Crippen molar-refractivity contribution in [3.8, 4) is 6.07 Å². The molecule has 1 atom stereocenters. The number of piperazine rings is 1. The van der Waals surface area contributed by atoms with Gasteiger partial charge in [0.2, 0.25) is 0 Å². The normalized spacial score (nSPS) is 15.5. The van der Waals surface area contributed by atoms with Crippen LogP contribution in [0.4, 0.5) is 10.6 Å². The summed E-state index contributed by atoms with van der Waals surface area (Å²) in [5, 5.41) is 16.1. The Hall–Kier alpha value is -3.08. The highest BCUT2D eigenvalue weighted by atomic mass is 16.2. The van der Waals surface area contributed by atoms with Crippen LogP contribution in [0.1, 0.15) is 29.8 Å². The molecule has 1 aliphatic rings. The fraction of sp³-hybridized carbons (Fsp3) is 0.444. The zero-order valence-electron chi connectivity index (χ0n) is 15.3. The molecule has 1 aliphatic heterocycles. The van der Waals surface area contributed by atoms with Gasteiger partial charge in [-0.1, -0.05) is 0 Å². The summed E-state index contributed by atoms with van der Waals surface area (Å²) in [4.78, 5) is 20.8. The molecule has 136 valence electrons. The third kappa shape index (κ3) is 3.61. The molecule has 1 saturated heterocycles. The van der Waals surface area contributed by atoms with Gasteiger partial charge in [0.1, 0.15) is 11.9 Å². The van der Waals surface area contributed by atoms with Crippen molar-refractivity contribution in [1.82, 2.24) is 25.0 Å². The van der Waals surface area contributed by atoms with Crippen LogP contribution in [-0.4, -0.2) is 51.9 Å². The molecule has 3 rings (SSSR count). The van der Waals surface area contributed by atoms with Crippen molar-refractivity contribution in [3.63, 3.8) is 0 Å². The van der Waals surface area contributed by atoms with Crippen LogP contribution < -0.4 is 10.2 Å². The number of amides is 2. The van der Waals surface area contributed by atoms with Crippen LogP contribution in [0, 0.1) is 18.3 Å². The number of nitrogens with zero attached hydrogens (tertiary/aromatic N) is 6. The number of aromatic nitrogens is 3. The Bertz CT molecular complexity index is 813. The van der Waals surface area contributed by atoms with Crippen LogP contribution in [0.5, 0.6) is 0 Å². The van der Waals surface area contributed by atoms with Crippen molar-refractivity contribution in [2.24, 2.45) is 7.05 Å². The Labute approximate surface area is 153 Å². The molecular formula is C18H23N7O. The summed E-state index contributed by atoms with van der Waals surface area (Å²) in [6.45, 7) is 6.66. The Morgan fingerprint density at radius 1 is 1.27 bits per heavy atom. The number of hydrogen-bond acceptors (Lipinski definition) is 5. The number of nitriles is 1. The van der Waals surface area contributed by atoms with Gasteiger partial charge in [0, 0.05) is 50.7 Å². The van der Waals surface area contributed by atoms with Crippen LogP contribution in [-0.2, 0) is 7.05 Å². The van der Waals surface area contributed by atoms with Crippen molar-refractivity contribution in [2.45, 2.75) is 19.9 Å². The number of aryl methyl sites for hydroxylation is 1. The number of nitrogens with one attached hydrogen (secondary N) is 1. The van der Waals surface area contributed by atoms with E-state index in [1.807, 2.05) is 31.9 Å². The summed E-state index contributed by atoms with van der Waals surface area (Å²) in [7, 11) is 1.89. The first kappa shape index (κ1) is 17.7. The van der Waals surface area contributed by atoms with Gasteiger partial charge in [0.25, 0.3) is 0 Å². The van der Waals surface area contributed by atoms with E-state index < -0.39 is 0 Å². The van der Waals surface area contributed by atoms with Crippen LogP contribution in [0.3, 0.4) is 0 Å². The van der Waals surface area contributed by atoms with E-state index in [-0.39, 0.29) is 12.1 Å². The second kappa shape index (κ2) is 7.44. The second-order valence-corrected chi connectivity index (χ2v) is 6.47. The fourth-order valence-electron chi connectivity index (χ4n) is 3.07. The second-order valence-electron chi connectivity index (χ2n) is 6.47. The van der Waals surface area contributed by atoms with Gasteiger partial charge < -0.3 is 15.1 Å². The van der Waals surface area contributed by atoms with Crippen molar-refractivity contribution in [2.75, 3.05) is 31.1 Å².